The molecular formula is C22H19F4N3O4. The maximum Gasteiger partial charge on any atom is 0.419 e. The van der Waals surface area contributed by atoms with E-state index in [1.807, 2.05) is 0 Å². The first-order valence-corrected chi connectivity index (χ1v) is 10.2. The van der Waals surface area contributed by atoms with Crippen LogP contribution < -0.4 is 14.8 Å². The lowest BCUT2D eigenvalue weighted by Gasteiger charge is -2.20. The second-order valence-electron chi connectivity index (χ2n) is 7.68. The smallest absolute Gasteiger partial charge is 0.419 e. The summed E-state index contributed by atoms with van der Waals surface area (Å²) in [4.78, 5) is 8.30. The zero-order valence-electron chi connectivity index (χ0n) is 17.4. The third-order valence-corrected chi connectivity index (χ3v) is 5.68. The van der Waals surface area contributed by atoms with E-state index < -0.39 is 17.6 Å². The predicted molar refractivity (Wildman–Crippen MR) is 109 cm³/mol. The van der Waals surface area contributed by atoms with E-state index in [1.165, 1.54) is 19.5 Å². The van der Waals surface area contributed by atoms with E-state index in [4.69, 9.17) is 18.9 Å². The highest BCUT2D eigenvalue weighted by atomic mass is 19.4. The minimum Gasteiger partial charge on any atom is -0.493 e. The molecule has 2 aliphatic heterocycles. The van der Waals surface area contributed by atoms with Crippen molar-refractivity contribution in [2.24, 2.45) is 0 Å². The molecule has 11 heteroatoms. The molecule has 0 radical (unpaired) electrons. The van der Waals surface area contributed by atoms with Gasteiger partial charge in [-0.3, -0.25) is 0 Å². The van der Waals surface area contributed by atoms with Gasteiger partial charge in [0.05, 0.1) is 36.6 Å². The number of nitrogens with one attached hydrogen (secondary N) is 1. The molecule has 0 saturated carbocycles. The van der Waals surface area contributed by atoms with Crippen LogP contribution in [0.3, 0.4) is 0 Å². The van der Waals surface area contributed by atoms with Crippen molar-refractivity contribution in [2.75, 3.05) is 25.6 Å². The van der Waals surface area contributed by atoms with Crippen LogP contribution >= 0.6 is 0 Å². The van der Waals surface area contributed by atoms with Crippen molar-refractivity contribution >= 4 is 22.4 Å². The summed E-state index contributed by atoms with van der Waals surface area (Å²) in [5, 5.41) is 3.05. The standard InChI is InChI=1S/C22H19F4N3O4/c1-30-16-7-11-14(8-17(16)33-18-9-32-15-5-6-31-20(15)18)27-10-28-21(11)29-13-4-2-3-12(19(13)23)22(24,25)26/h2-4,7-8,10,15,18,20H,5-6,9H2,1H3,(H,27,28,29). The lowest BCUT2D eigenvalue weighted by atomic mass is 10.1. The molecule has 1 N–H and O–H groups in total. The molecule has 7 nitrogen and oxygen atoms in total. The summed E-state index contributed by atoms with van der Waals surface area (Å²) >= 11 is 0. The first kappa shape index (κ1) is 21.7. The second kappa shape index (κ2) is 8.31. The van der Waals surface area contributed by atoms with Gasteiger partial charge in [0, 0.05) is 18.1 Å². The van der Waals surface area contributed by atoms with E-state index in [2.05, 4.69) is 15.3 Å². The minimum atomic E-state index is -4.82. The SMILES string of the molecule is COc1cc2c(Nc3cccc(C(F)(F)F)c3F)ncnc2cc1OC1COC2CCOC21. The van der Waals surface area contributed by atoms with Crippen molar-refractivity contribution in [1.29, 1.82) is 0 Å². The van der Waals surface area contributed by atoms with Gasteiger partial charge < -0.3 is 24.3 Å². The highest BCUT2D eigenvalue weighted by Crippen LogP contribution is 2.39. The van der Waals surface area contributed by atoms with Crippen LogP contribution in [0.25, 0.3) is 10.9 Å². The van der Waals surface area contributed by atoms with E-state index >= 15 is 0 Å². The summed E-state index contributed by atoms with van der Waals surface area (Å²) in [6.45, 7) is 0.986. The summed E-state index contributed by atoms with van der Waals surface area (Å²) < 4.78 is 76.7. The summed E-state index contributed by atoms with van der Waals surface area (Å²) in [6.07, 6.45) is -3.27. The van der Waals surface area contributed by atoms with Crippen LogP contribution in [0.4, 0.5) is 29.1 Å². The monoisotopic (exact) mass is 465 g/mol. The van der Waals surface area contributed by atoms with Crippen LogP contribution in [0.5, 0.6) is 11.5 Å². The van der Waals surface area contributed by atoms with E-state index in [-0.39, 0.29) is 29.8 Å². The fourth-order valence-electron chi connectivity index (χ4n) is 4.08. The quantitative estimate of drug-likeness (QED) is 0.557. The molecule has 5 rings (SSSR count). The predicted octanol–water partition coefficient (Wildman–Crippen LogP) is 4.48. The molecule has 0 aliphatic carbocycles. The van der Waals surface area contributed by atoms with Gasteiger partial charge in [-0.15, -0.1) is 0 Å². The lowest BCUT2D eigenvalue weighted by molar-refractivity contribution is -0.139. The second-order valence-corrected chi connectivity index (χ2v) is 7.68. The number of aromatic nitrogens is 2. The molecule has 0 bridgehead atoms. The molecule has 2 aromatic carbocycles. The van der Waals surface area contributed by atoms with Crippen molar-refractivity contribution < 1.29 is 36.5 Å². The Kier molecular flexibility index (Phi) is 5.45. The van der Waals surface area contributed by atoms with Crippen molar-refractivity contribution in [3.05, 3.63) is 48.0 Å². The van der Waals surface area contributed by atoms with Crippen molar-refractivity contribution in [3.63, 3.8) is 0 Å². The minimum absolute atomic E-state index is 0.00179. The Morgan fingerprint density at radius 3 is 2.76 bits per heavy atom. The van der Waals surface area contributed by atoms with Crippen LogP contribution in [-0.2, 0) is 15.7 Å². The molecule has 0 spiro atoms. The van der Waals surface area contributed by atoms with Crippen LogP contribution in [-0.4, -0.2) is 48.6 Å². The summed E-state index contributed by atoms with van der Waals surface area (Å²) in [5.74, 6) is -0.543. The Morgan fingerprint density at radius 2 is 1.97 bits per heavy atom. The molecular weight excluding hydrogens is 446 g/mol. The Labute approximate surface area is 185 Å². The third-order valence-electron chi connectivity index (χ3n) is 5.68. The number of methoxy groups -OCH3 is 1. The number of hydrogen-bond donors (Lipinski definition) is 1. The Morgan fingerprint density at radius 1 is 1.12 bits per heavy atom. The van der Waals surface area contributed by atoms with E-state index in [9.17, 15) is 17.6 Å². The summed E-state index contributed by atoms with van der Waals surface area (Å²) in [5.41, 5.74) is -1.31. The van der Waals surface area contributed by atoms with Crippen LogP contribution in [0.2, 0.25) is 0 Å². The Bertz CT molecular complexity index is 1190. The van der Waals surface area contributed by atoms with E-state index in [1.54, 1.807) is 12.1 Å². The molecule has 3 atom stereocenters. The number of ether oxygens (including phenoxy) is 4. The largest absolute Gasteiger partial charge is 0.493 e. The molecule has 33 heavy (non-hydrogen) atoms. The van der Waals surface area contributed by atoms with Crippen LogP contribution in [0, 0.1) is 5.82 Å². The molecule has 2 fully saturated rings. The molecule has 0 amide bonds. The molecule has 3 unspecified atom stereocenters. The van der Waals surface area contributed by atoms with Crippen molar-refractivity contribution in [2.45, 2.75) is 30.9 Å². The summed E-state index contributed by atoms with van der Waals surface area (Å²) in [7, 11) is 1.46. The number of benzene rings is 2. The zero-order chi connectivity index (χ0) is 23.2. The van der Waals surface area contributed by atoms with Crippen LogP contribution in [0.15, 0.2) is 36.7 Å². The first-order valence-electron chi connectivity index (χ1n) is 10.2. The lowest BCUT2D eigenvalue weighted by Crippen LogP contribution is -2.32. The van der Waals surface area contributed by atoms with E-state index in [0.29, 0.717) is 41.7 Å². The average molecular weight is 465 g/mol. The molecule has 3 aromatic rings. The van der Waals surface area contributed by atoms with Gasteiger partial charge in [0.1, 0.15) is 18.2 Å². The number of nitrogens with zero attached hydrogens (tertiary/aromatic N) is 2. The van der Waals surface area contributed by atoms with Gasteiger partial charge in [-0.25, -0.2) is 14.4 Å². The number of rotatable bonds is 5. The van der Waals surface area contributed by atoms with E-state index in [0.717, 1.165) is 12.5 Å². The van der Waals surface area contributed by atoms with Gasteiger partial charge in [0.15, 0.2) is 23.4 Å². The molecule has 1 aromatic heterocycles. The van der Waals surface area contributed by atoms with Crippen LogP contribution in [0.1, 0.15) is 12.0 Å². The van der Waals surface area contributed by atoms with Gasteiger partial charge >= 0.3 is 6.18 Å². The Balaban J connectivity index is 1.48. The molecule has 174 valence electrons. The molecule has 2 saturated heterocycles. The number of alkyl halides is 3. The maximum absolute atomic E-state index is 14.5. The molecule has 2 aliphatic rings. The first-order chi connectivity index (χ1) is 15.8. The topological polar surface area (TPSA) is 74.7 Å². The van der Waals surface area contributed by atoms with Gasteiger partial charge in [0.25, 0.3) is 0 Å². The summed E-state index contributed by atoms with van der Waals surface area (Å²) in [6, 6.07) is 6.21. The normalized spacial score (nSPS) is 22.4. The number of anilines is 2. The number of hydrogen-bond acceptors (Lipinski definition) is 7. The number of fused-ring (bicyclic) bond motifs is 2. The number of halogens is 4. The highest BCUT2D eigenvalue weighted by molar-refractivity contribution is 5.93. The fourth-order valence-corrected chi connectivity index (χ4v) is 4.08. The van der Waals surface area contributed by atoms with Gasteiger partial charge in [-0.05, 0) is 24.6 Å². The fraction of sp³-hybridized carbons (Fsp3) is 0.364. The third kappa shape index (κ3) is 4.02. The van der Waals surface area contributed by atoms with Gasteiger partial charge in [-0.1, -0.05) is 6.07 Å². The van der Waals surface area contributed by atoms with Gasteiger partial charge in [-0.2, -0.15) is 13.2 Å². The highest BCUT2D eigenvalue weighted by Gasteiger charge is 2.43. The zero-order valence-corrected chi connectivity index (χ0v) is 17.4. The maximum atomic E-state index is 14.5. The average Bonchev–Trinajstić information content (AvgIpc) is 3.39. The Hall–Kier alpha value is -3.18. The molecule has 3 heterocycles. The van der Waals surface area contributed by atoms with Crippen molar-refractivity contribution in [1.82, 2.24) is 9.97 Å². The van der Waals surface area contributed by atoms with Gasteiger partial charge in [0.2, 0.25) is 0 Å². The van der Waals surface area contributed by atoms with Crippen molar-refractivity contribution in [3.8, 4) is 11.5 Å².